The van der Waals surface area contributed by atoms with Crippen LogP contribution in [0.25, 0.3) is 0 Å². The van der Waals surface area contributed by atoms with Gasteiger partial charge in [0.15, 0.2) is 0 Å². The van der Waals surface area contributed by atoms with Crippen molar-refractivity contribution in [3.05, 3.63) is 30.1 Å². The zero-order chi connectivity index (χ0) is 12.7. The lowest BCUT2D eigenvalue weighted by Gasteiger charge is -2.12. The predicted octanol–water partition coefficient (Wildman–Crippen LogP) is 1.20. The Balaban J connectivity index is 2.45. The Bertz CT molecular complexity index is 379. The minimum Gasteiger partial charge on any atom is -0.481 e. The molecule has 0 aliphatic heterocycles. The number of hydrogen-bond donors (Lipinski definition) is 2. The van der Waals surface area contributed by atoms with Crippen LogP contribution in [-0.2, 0) is 16.1 Å². The van der Waals surface area contributed by atoms with E-state index >= 15 is 0 Å². The van der Waals surface area contributed by atoms with Gasteiger partial charge in [-0.25, -0.2) is 0 Å². The van der Waals surface area contributed by atoms with Crippen molar-refractivity contribution in [3.63, 3.8) is 0 Å². The molecule has 0 saturated heterocycles. The highest BCUT2D eigenvalue weighted by molar-refractivity contribution is 5.83. The summed E-state index contributed by atoms with van der Waals surface area (Å²) in [7, 11) is 0. The van der Waals surface area contributed by atoms with Gasteiger partial charge in [-0.2, -0.15) is 0 Å². The van der Waals surface area contributed by atoms with E-state index in [1.54, 1.807) is 31.5 Å². The Kier molecular flexibility index (Phi) is 5.13. The fraction of sp³-hybridized carbons (Fsp3) is 0.417. The standard InChI is InChI=1S/C12H16N2O3/c1-2-10(7-11(15)16)12(17)14-8-9-3-5-13-6-4-9/h3-6,10H,2,7-8H2,1H3,(H,14,17)(H,15,16). The molecule has 0 radical (unpaired) electrons. The van der Waals surface area contributed by atoms with Crippen LogP contribution in [0.2, 0.25) is 0 Å². The maximum atomic E-state index is 11.7. The van der Waals surface area contributed by atoms with E-state index in [0.29, 0.717) is 13.0 Å². The van der Waals surface area contributed by atoms with E-state index in [9.17, 15) is 9.59 Å². The minimum absolute atomic E-state index is 0.126. The number of nitrogens with zero attached hydrogens (tertiary/aromatic N) is 1. The van der Waals surface area contributed by atoms with Crippen molar-refractivity contribution in [2.75, 3.05) is 0 Å². The first kappa shape index (κ1) is 13.2. The van der Waals surface area contributed by atoms with E-state index in [1.807, 2.05) is 0 Å². The third-order valence-corrected chi connectivity index (χ3v) is 2.50. The molecule has 5 heteroatoms. The Labute approximate surface area is 99.9 Å². The summed E-state index contributed by atoms with van der Waals surface area (Å²) in [6, 6.07) is 3.61. The van der Waals surface area contributed by atoms with Gasteiger partial charge in [-0.3, -0.25) is 14.6 Å². The number of aromatic nitrogens is 1. The average Bonchev–Trinajstić information content (AvgIpc) is 2.34. The second-order valence-corrected chi connectivity index (χ2v) is 3.78. The Morgan fingerprint density at radius 3 is 2.59 bits per heavy atom. The van der Waals surface area contributed by atoms with Crippen LogP contribution in [0.3, 0.4) is 0 Å². The molecule has 0 bridgehead atoms. The van der Waals surface area contributed by atoms with Crippen LogP contribution in [0.1, 0.15) is 25.3 Å². The lowest BCUT2D eigenvalue weighted by molar-refractivity contribution is -0.141. The number of rotatable bonds is 6. The van der Waals surface area contributed by atoms with Crippen molar-refractivity contribution in [2.45, 2.75) is 26.3 Å². The fourth-order valence-electron chi connectivity index (χ4n) is 1.47. The van der Waals surface area contributed by atoms with Crippen LogP contribution in [0.4, 0.5) is 0 Å². The number of carbonyl (C=O) groups is 2. The minimum atomic E-state index is -0.948. The molecular weight excluding hydrogens is 220 g/mol. The molecule has 1 atom stereocenters. The molecule has 0 saturated carbocycles. The molecule has 1 heterocycles. The van der Waals surface area contributed by atoms with Gasteiger partial charge in [0, 0.05) is 24.9 Å². The van der Waals surface area contributed by atoms with Crippen molar-refractivity contribution in [3.8, 4) is 0 Å². The molecule has 0 fully saturated rings. The highest BCUT2D eigenvalue weighted by Crippen LogP contribution is 2.08. The van der Waals surface area contributed by atoms with E-state index in [2.05, 4.69) is 10.3 Å². The molecule has 1 unspecified atom stereocenters. The zero-order valence-electron chi connectivity index (χ0n) is 9.72. The summed E-state index contributed by atoms with van der Waals surface area (Å²) >= 11 is 0. The first-order chi connectivity index (χ1) is 8.13. The number of carbonyl (C=O) groups excluding carboxylic acids is 1. The molecule has 0 spiro atoms. The van der Waals surface area contributed by atoms with Crippen molar-refractivity contribution >= 4 is 11.9 Å². The smallest absolute Gasteiger partial charge is 0.304 e. The molecule has 1 amide bonds. The Morgan fingerprint density at radius 1 is 1.41 bits per heavy atom. The number of carboxylic acid groups (broad SMARTS) is 1. The number of hydrogen-bond acceptors (Lipinski definition) is 3. The van der Waals surface area contributed by atoms with Gasteiger partial charge in [0.05, 0.1) is 6.42 Å². The summed E-state index contributed by atoms with van der Waals surface area (Å²) in [6.45, 7) is 2.21. The van der Waals surface area contributed by atoms with E-state index in [1.165, 1.54) is 0 Å². The predicted molar refractivity (Wildman–Crippen MR) is 62.1 cm³/mol. The largest absolute Gasteiger partial charge is 0.481 e. The van der Waals surface area contributed by atoms with Crippen LogP contribution in [0, 0.1) is 5.92 Å². The van der Waals surface area contributed by atoms with Crippen LogP contribution >= 0.6 is 0 Å². The molecule has 92 valence electrons. The van der Waals surface area contributed by atoms with Crippen molar-refractivity contribution in [2.24, 2.45) is 5.92 Å². The number of amides is 1. The van der Waals surface area contributed by atoms with E-state index in [-0.39, 0.29) is 12.3 Å². The monoisotopic (exact) mass is 236 g/mol. The van der Waals surface area contributed by atoms with E-state index < -0.39 is 11.9 Å². The van der Waals surface area contributed by atoms with Crippen molar-refractivity contribution < 1.29 is 14.7 Å². The summed E-state index contributed by atoms with van der Waals surface area (Å²) in [4.78, 5) is 26.1. The van der Waals surface area contributed by atoms with Gasteiger partial charge in [-0.05, 0) is 24.1 Å². The maximum absolute atomic E-state index is 11.7. The van der Waals surface area contributed by atoms with Crippen molar-refractivity contribution in [1.29, 1.82) is 0 Å². The average molecular weight is 236 g/mol. The molecular formula is C12H16N2O3. The van der Waals surface area contributed by atoms with Gasteiger partial charge in [0.1, 0.15) is 0 Å². The normalized spacial score (nSPS) is 11.8. The van der Waals surface area contributed by atoms with E-state index in [0.717, 1.165) is 5.56 Å². The summed E-state index contributed by atoms with van der Waals surface area (Å²) < 4.78 is 0. The first-order valence-corrected chi connectivity index (χ1v) is 5.52. The van der Waals surface area contributed by atoms with Gasteiger partial charge in [0.25, 0.3) is 0 Å². The molecule has 0 aliphatic carbocycles. The fourth-order valence-corrected chi connectivity index (χ4v) is 1.47. The molecule has 0 aromatic carbocycles. The number of nitrogens with one attached hydrogen (secondary N) is 1. The second kappa shape index (κ2) is 6.62. The molecule has 5 nitrogen and oxygen atoms in total. The van der Waals surface area contributed by atoms with Gasteiger partial charge in [-0.1, -0.05) is 6.92 Å². The van der Waals surface area contributed by atoms with Gasteiger partial charge >= 0.3 is 5.97 Å². The second-order valence-electron chi connectivity index (χ2n) is 3.78. The van der Waals surface area contributed by atoms with Crippen molar-refractivity contribution in [1.82, 2.24) is 10.3 Å². The number of carboxylic acids is 1. The number of pyridine rings is 1. The SMILES string of the molecule is CCC(CC(=O)O)C(=O)NCc1ccncc1. The highest BCUT2D eigenvalue weighted by Gasteiger charge is 2.19. The molecule has 1 aromatic rings. The lowest BCUT2D eigenvalue weighted by Crippen LogP contribution is -2.31. The third-order valence-electron chi connectivity index (χ3n) is 2.50. The molecule has 1 aromatic heterocycles. The number of aliphatic carboxylic acids is 1. The highest BCUT2D eigenvalue weighted by atomic mass is 16.4. The summed E-state index contributed by atoms with van der Waals surface area (Å²) in [5.41, 5.74) is 0.943. The molecule has 0 aliphatic rings. The van der Waals surface area contributed by atoms with Gasteiger partial charge < -0.3 is 10.4 Å². The summed E-state index contributed by atoms with van der Waals surface area (Å²) in [6.07, 6.45) is 3.69. The third kappa shape index (κ3) is 4.63. The first-order valence-electron chi connectivity index (χ1n) is 5.52. The quantitative estimate of drug-likeness (QED) is 0.777. The molecule has 2 N–H and O–H groups in total. The lowest BCUT2D eigenvalue weighted by atomic mass is 10.0. The van der Waals surface area contributed by atoms with Gasteiger partial charge in [0.2, 0.25) is 5.91 Å². The topological polar surface area (TPSA) is 79.3 Å². The summed E-state index contributed by atoms with van der Waals surface area (Å²) in [5.74, 6) is -1.63. The Morgan fingerprint density at radius 2 is 2.06 bits per heavy atom. The molecule has 1 rings (SSSR count). The summed E-state index contributed by atoms with van der Waals surface area (Å²) in [5, 5.41) is 11.4. The van der Waals surface area contributed by atoms with Crippen LogP contribution in [0.5, 0.6) is 0 Å². The van der Waals surface area contributed by atoms with Crippen LogP contribution < -0.4 is 5.32 Å². The van der Waals surface area contributed by atoms with Crippen LogP contribution in [-0.4, -0.2) is 22.0 Å². The Hall–Kier alpha value is -1.91. The van der Waals surface area contributed by atoms with Crippen LogP contribution in [0.15, 0.2) is 24.5 Å². The zero-order valence-corrected chi connectivity index (χ0v) is 9.72. The molecule has 17 heavy (non-hydrogen) atoms. The van der Waals surface area contributed by atoms with E-state index in [4.69, 9.17) is 5.11 Å². The maximum Gasteiger partial charge on any atom is 0.304 e. The van der Waals surface area contributed by atoms with Gasteiger partial charge in [-0.15, -0.1) is 0 Å².